The number of carbonyl (C=O) groups is 1. The Labute approximate surface area is 137 Å². The molecule has 0 aliphatic rings. The van der Waals surface area contributed by atoms with Crippen LogP contribution in [0.25, 0.3) is 0 Å². The molecule has 1 amide bonds. The summed E-state index contributed by atoms with van der Waals surface area (Å²) in [5.41, 5.74) is -0.712. The van der Waals surface area contributed by atoms with Gasteiger partial charge >= 0.3 is 6.09 Å². The molecular formula is C17H27NO5. The number of amides is 1. The number of phenolic OH excluding ortho intramolecular Hbond substituents is 1. The van der Waals surface area contributed by atoms with Crippen molar-refractivity contribution < 1.29 is 24.9 Å². The number of likely N-dealkylation sites (N-methyl/N-ethyl adjacent to an activating group) is 1. The van der Waals surface area contributed by atoms with E-state index in [2.05, 4.69) is 0 Å². The van der Waals surface area contributed by atoms with Gasteiger partial charge in [-0.3, -0.25) is 0 Å². The molecule has 1 aromatic rings. The Morgan fingerprint density at radius 2 is 1.57 bits per heavy atom. The van der Waals surface area contributed by atoms with Gasteiger partial charge in [0, 0.05) is 12.5 Å². The van der Waals surface area contributed by atoms with Crippen molar-refractivity contribution >= 4 is 6.09 Å². The zero-order valence-electron chi connectivity index (χ0n) is 14.6. The van der Waals surface area contributed by atoms with E-state index >= 15 is 0 Å². The number of phenols is 1. The molecule has 0 aromatic heterocycles. The van der Waals surface area contributed by atoms with Gasteiger partial charge in [0.25, 0.3) is 0 Å². The van der Waals surface area contributed by atoms with Crippen LogP contribution in [0.4, 0.5) is 4.79 Å². The highest BCUT2D eigenvalue weighted by molar-refractivity contribution is 5.68. The second-order valence-electron chi connectivity index (χ2n) is 7.22. The smallest absolute Gasteiger partial charge is 0.410 e. The third-order valence-electron chi connectivity index (χ3n) is 3.73. The molecular weight excluding hydrogens is 298 g/mol. The van der Waals surface area contributed by atoms with Crippen molar-refractivity contribution in [2.45, 2.75) is 58.0 Å². The lowest BCUT2D eigenvalue weighted by Crippen LogP contribution is -2.55. The predicted octanol–water partition coefficient (Wildman–Crippen LogP) is 2.22. The monoisotopic (exact) mass is 325 g/mol. The van der Waals surface area contributed by atoms with Crippen LogP contribution >= 0.6 is 0 Å². The normalized spacial score (nSPS) is 13.8. The maximum absolute atomic E-state index is 12.3. The predicted molar refractivity (Wildman–Crippen MR) is 87.1 cm³/mol. The van der Waals surface area contributed by atoms with E-state index in [4.69, 9.17) is 4.74 Å². The molecule has 1 rings (SSSR count). The van der Waals surface area contributed by atoms with Gasteiger partial charge in [-0.05, 0) is 38.5 Å². The molecule has 0 aliphatic heterocycles. The van der Waals surface area contributed by atoms with Gasteiger partial charge in [0.15, 0.2) is 6.29 Å². The van der Waals surface area contributed by atoms with Crippen LogP contribution in [-0.4, -0.2) is 51.3 Å². The van der Waals surface area contributed by atoms with Crippen molar-refractivity contribution in [1.29, 1.82) is 0 Å². The number of aromatic hydroxyl groups is 1. The summed E-state index contributed by atoms with van der Waals surface area (Å²) in [5.74, 6) is 0.117. The number of carbonyl (C=O) groups excluding carboxylic acids is 1. The average molecular weight is 325 g/mol. The molecule has 0 bridgehead atoms. The highest BCUT2D eigenvalue weighted by Gasteiger charge is 2.41. The minimum absolute atomic E-state index is 0.117. The van der Waals surface area contributed by atoms with Crippen molar-refractivity contribution in [3.8, 4) is 5.75 Å². The molecule has 6 nitrogen and oxygen atoms in total. The molecule has 0 aliphatic carbocycles. The molecule has 0 radical (unpaired) electrons. The number of aliphatic hydroxyl groups excluding tert-OH is 1. The lowest BCUT2D eigenvalue weighted by molar-refractivity contribution is -0.114. The largest absolute Gasteiger partial charge is 0.508 e. The standard InChI is InChI=1S/C17H27NO5/c1-16(2,3)23-15(22)18(6)13(14(20)21)17(4,5)11-7-9-12(19)10-8-11/h7-10,13-14,19-21H,1-6H3. The molecule has 130 valence electrons. The van der Waals surface area contributed by atoms with Crippen LogP contribution in [0.15, 0.2) is 24.3 Å². The summed E-state index contributed by atoms with van der Waals surface area (Å²) in [4.78, 5) is 13.5. The Morgan fingerprint density at radius 1 is 1.09 bits per heavy atom. The summed E-state index contributed by atoms with van der Waals surface area (Å²) < 4.78 is 5.31. The molecule has 3 N–H and O–H groups in total. The van der Waals surface area contributed by atoms with Crippen LogP contribution < -0.4 is 0 Å². The SMILES string of the molecule is CN(C(=O)OC(C)(C)C)C(C(O)O)C(C)(C)c1ccc(O)cc1. The second kappa shape index (κ2) is 6.76. The number of hydrogen-bond donors (Lipinski definition) is 3. The highest BCUT2D eigenvalue weighted by atomic mass is 16.6. The van der Waals surface area contributed by atoms with Gasteiger partial charge in [0.05, 0.1) is 6.04 Å². The fraction of sp³-hybridized carbons (Fsp3) is 0.588. The first-order valence-electron chi connectivity index (χ1n) is 7.47. The zero-order valence-corrected chi connectivity index (χ0v) is 14.6. The Bertz CT molecular complexity index is 531. The topological polar surface area (TPSA) is 90.2 Å². The maximum atomic E-state index is 12.3. The molecule has 6 heteroatoms. The highest BCUT2D eigenvalue weighted by Crippen LogP contribution is 2.33. The van der Waals surface area contributed by atoms with Crippen molar-refractivity contribution in [2.24, 2.45) is 0 Å². The van der Waals surface area contributed by atoms with Crippen molar-refractivity contribution in [2.75, 3.05) is 7.05 Å². The lowest BCUT2D eigenvalue weighted by atomic mass is 9.76. The van der Waals surface area contributed by atoms with Gasteiger partial charge in [0.1, 0.15) is 11.4 Å². The van der Waals surface area contributed by atoms with Crippen LogP contribution in [0.3, 0.4) is 0 Å². The van der Waals surface area contributed by atoms with E-state index in [0.29, 0.717) is 0 Å². The van der Waals surface area contributed by atoms with Crippen LogP contribution in [0.5, 0.6) is 5.75 Å². The van der Waals surface area contributed by atoms with Crippen LogP contribution in [-0.2, 0) is 10.2 Å². The van der Waals surface area contributed by atoms with Gasteiger partial charge in [-0.25, -0.2) is 4.79 Å². The van der Waals surface area contributed by atoms with E-state index in [1.54, 1.807) is 46.8 Å². The molecule has 0 saturated carbocycles. The Kier molecular flexibility index (Phi) is 5.66. The lowest BCUT2D eigenvalue weighted by Gasteiger charge is -2.41. The minimum atomic E-state index is -1.75. The van der Waals surface area contributed by atoms with E-state index < -0.39 is 29.4 Å². The third kappa shape index (κ3) is 4.84. The van der Waals surface area contributed by atoms with Crippen molar-refractivity contribution in [1.82, 2.24) is 4.90 Å². The number of hydrogen-bond acceptors (Lipinski definition) is 5. The van der Waals surface area contributed by atoms with Crippen LogP contribution in [0.2, 0.25) is 0 Å². The summed E-state index contributed by atoms with van der Waals surface area (Å²) >= 11 is 0. The Morgan fingerprint density at radius 3 is 1.96 bits per heavy atom. The van der Waals surface area contributed by atoms with Gasteiger partial charge in [-0.2, -0.15) is 0 Å². The molecule has 0 saturated heterocycles. The Hall–Kier alpha value is -1.79. The zero-order chi connectivity index (χ0) is 18.0. The van der Waals surface area contributed by atoms with E-state index in [-0.39, 0.29) is 5.75 Å². The first-order chi connectivity index (χ1) is 10.4. The molecule has 23 heavy (non-hydrogen) atoms. The maximum Gasteiger partial charge on any atom is 0.410 e. The van der Waals surface area contributed by atoms with Crippen molar-refractivity contribution in [3.05, 3.63) is 29.8 Å². The molecule has 1 aromatic carbocycles. The van der Waals surface area contributed by atoms with E-state index in [1.165, 1.54) is 24.1 Å². The van der Waals surface area contributed by atoms with Crippen LogP contribution in [0.1, 0.15) is 40.2 Å². The number of aliphatic hydroxyl groups is 2. The number of benzene rings is 1. The molecule has 0 spiro atoms. The van der Waals surface area contributed by atoms with E-state index in [0.717, 1.165) is 5.56 Å². The number of nitrogens with zero attached hydrogens (tertiary/aromatic N) is 1. The van der Waals surface area contributed by atoms with Gasteiger partial charge in [-0.1, -0.05) is 26.0 Å². The summed E-state index contributed by atoms with van der Waals surface area (Å²) in [7, 11) is 1.47. The molecule has 0 fully saturated rings. The fourth-order valence-electron chi connectivity index (χ4n) is 2.57. The summed E-state index contributed by atoms with van der Waals surface area (Å²) in [6.45, 7) is 8.82. The summed E-state index contributed by atoms with van der Waals surface area (Å²) in [5, 5.41) is 29.1. The van der Waals surface area contributed by atoms with E-state index in [1.807, 2.05) is 0 Å². The quantitative estimate of drug-likeness (QED) is 0.739. The minimum Gasteiger partial charge on any atom is -0.508 e. The van der Waals surface area contributed by atoms with Crippen molar-refractivity contribution in [3.63, 3.8) is 0 Å². The summed E-state index contributed by atoms with van der Waals surface area (Å²) in [6, 6.07) is 5.49. The molecule has 1 atom stereocenters. The van der Waals surface area contributed by atoms with Gasteiger partial charge in [0.2, 0.25) is 0 Å². The molecule has 0 heterocycles. The third-order valence-corrected chi connectivity index (χ3v) is 3.73. The average Bonchev–Trinajstić information content (AvgIpc) is 2.36. The van der Waals surface area contributed by atoms with E-state index in [9.17, 15) is 20.1 Å². The molecule has 1 unspecified atom stereocenters. The second-order valence-corrected chi connectivity index (χ2v) is 7.22. The number of rotatable bonds is 4. The van der Waals surface area contributed by atoms with Gasteiger partial charge < -0.3 is 25.0 Å². The van der Waals surface area contributed by atoms with Crippen LogP contribution in [0, 0.1) is 0 Å². The van der Waals surface area contributed by atoms with Gasteiger partial charge in [-0.15, -0.1) is 0 Å². The summed E-state index contributed by atoms with van der Waals surface area (Å²) in [6.07, 6.45) is -2.39. The fourth-order valence-corrected chi connectivity index (χ4v) is 2.57. The number of ether oxygens (including phenoxy) is 1. The first-order valence-corrected chi connectivity index (χ1v) is 7.47. The first kappa shape index (κ1) is 19.3. The Balaban J connectivity index is 3.14.